The third kappa shape index (κ3) is 7.58. The van der Waals surface area contributed by atoms with Gasteiger partial charge in [-0.15, -0.1) is 46.3 Å². The van der Waals surface area contributed by atoms with Crippen LogP contribution in [0.3, 0.4) is 0 Å². The van der Waals surface area contributed by atoms with Gasteiger partial charge < -0.3 is 24.8 Å². The predicted octanol–water partition coefficient (Wildman–Crippen LogP) is 1.98. The molecule has 5 rings (SSSR count). The van der Waals surface area contributed by atoms with E-state index in [1.54, 1.807) is 0 Å². The molecule has 0 bridgehead atoms. The minimum atomic E-state index is -0.222. The van der Waals surface area contributed by atoms with Crippen LogP contribution in [0.4, 0.5) is 0 Å². The molecule has 0 N–H and O–H groups in total. The van der Waals surface area contributed by atoms with E-state index in [1.165, 1.54) is 49.3 Å². The second-order valence-corrected chi connectivity index (χ2v) is 12.0. The van der Waals surface area contributed by atoms with Crippen LogP contribution >= 0.6 is 11.8 Å². The molecule has 0 atom stereocenters. The molecule has 0 amide bonds. The Bertz CT molecular complexity index is 1180. The van der Waals surface area contributed by atoms with Gasteiger partial charge in [-0.25, -0.2) is 0 Å². The summed E-state index contributed by atoms with van der Waals surface area (Å²) in [6.07, 6.45) is 6.95. The fourth-order valence-electron chi connectivity index (χ4n) is 3.91. The first-order chi connectivity index (χ1) is 14.5. The van der Waals surface area contributed by atoms with Gasteiger partial charge in [0.1, 0.15) is 0 Å². The number of halogens is 2. The Labute approximate surface area is 236 Å². The first-order valence-electron chi connectivity index (χ1n) is 10.7. The van der Waals surface area contributed by atoms with Gasteiger partial charge >= 0.3 is 26.2 Å². The topological polar surface area (TPSA) is 0 Å². The number of benzene rings is 2. The van der Waals surface area contributed by atoms with Crippen LogP contribution in [0.5, 0.6) is 0 Å². The van der Waals surface area contributed by atoms with Crippen LogP contribution in [0.25, 0.3) is 21.9 Å². The van der Waals surface area contributed by atoms with Crippen LogP contribution < -0.4 is 24.8 Å². The molecule has 0 saturated heterocycles. The van der Waals surface area contributed by atoms with Crippen molar-refractivity contribution >= 4 is 36.6 Å². The Kier molecular flexibility index (Phi) is 12.7. The van der Waals surface area contributed by atoms with Crippen molar-refractivity contribution in [3.63, 3.8) is 0 Å². The number of rotatable bonds is 3. The summed E-state index contributed by atoms with van der Waals surface area (Å²) >= 11 is 1.95. The Hall–Kier alpha value is -0.830. The molecule has 169 valence electrons. The molecule has 1 radical (unpaired) electrons. The SMILES string of the molecule is CC(C)c1cc2c(-c3ccccc3)cccc2[cH-]1.C[Si](C)=CC1=CC2=CCSC2=C1.[Cl-].[Cl-].[Zr+3]. The van der Waals surface area contributed by atoms with E-state index in [9.17, 15) is 0 Å². The maximum absolute atomic E-state index is 2.41. The fraction of sp³-hybridized carbons (Fsp3) is 0.214. The van der Waals surface area contributed by atoms with E-state index in [0.29, 0.717) is 5.92 Å². The predicted molar refractivity (Wildman–Crippen MR) is 139 cm³/mol. The molecule has 0 saturated carbocycles. The third-order valence-electron chi connectivity index (χ3n) is 5.43. The number of fused-ring (bicyclic) bond motifs is 2. The van der Waals surface area contributed by atoms with Crippen LogP contribution in [0.15, 0.2) is 94.9 Å². The quantitative estimate of drug-likeness (QED) is 0.334. The zero-order valence-electron chi connectivity index (χ0n) is 19.5. The molecule has 0 spiro atoms. The van der Waals surface area contributed by atoms with E-state index in [1.807, 2.05) is 11.8 Å². The number of hydrogen-bond donors (Lipinski definition) is 0. The third-order valence-corrected chi connectivity index (χ3v) is 7.33. The summed E-state index contributed by atoms with van der Waals surface area (Å²) in [6.45, 7) is 9.13. The second kappa shape index (κ2) is 13.9. The Morgan fingerprint density at radius 1 is 0.970 bits per heavy atom. The molecule has 1 heterocycles. The molecule has 33 heavy (non-hydrogen) atoms. The summed E-state index contributed by atoms with van der Waals surface area (Å²) in [5.74, 6) is 1.75. The first kappa shape index (κ1) is 30.2. The van der Waals surface area contributed by atoms with Crippen molar-refractivity contribution in [1.82, 2.24) is 0 Å². The number of hydrogen-bond acceptors (Lipinski definition) is 1. The van der Waals surface area contributed by atoms with Crippen molar-refractivity contribution in [3.05, 3.63) is 101 Å². The molecule has 3 aromatic carbocycles. The Morgan fingerprint density at radius 3 is 2.33 bits per heavy atom. The molecule has 2 aliphatic rings. The molecular weight excluding hydrogens is 559 g/mol. The van der Waals surface area contributed by atoms with E-state index in [4.69, 9.17) is 0 Å². The van der Waals surface area contributed by atoms with Gasteiger partial charge in [0.2, 0.25) is 0 Å². The summed E-state index contributed by atoms with van der Waals surface area (Å²) < 4.78 is 0. The molecule has 3 aromatic rings. The van der Waals surface area contributed by atoms with E-state index >= 15 is 0 Å². The Balaban J connectivity index is 0.000000322. The molecule has 1 aliphatic carbocycles. The molecule has 5 heteroatoms. The van der Waals surface area contributed by atoms with E-state index < -0.39 is 0 Å². The van der Waals surface area contributed by atoms with Gasteiger partial charge in [-0.1, -0.05) is 80.7 Å². The van der Waals surface area contributed by atoms with Crippen molar-refractivity contribution in [2.24, 2.45) is 0 Å². The van der Waals surface area contributed by atoms with E-state index in [-0.39, 0.29) is 59.4 Å². The van der Waals surface area contributed by atoms with Crippen molar-refractivity contribution in [2.45, 2.75) is 32.9 Å². The molecule has 0 nitrogen and oxygen atoms in total. The van der Waals surface area contributed by atoms with Crippen LogP contribution in [0, 0.1) is 0 Å². The van der Waals surface area contributed by atoms with Crippen molar-refractivity contribution in [2.75, 3.05) is 5.75 Å². The van der Waals surface area contributed by atoms with Crippen molar-refractivity contribution in [3.8, 4) is 11.1 Å². The smallest absolute Gasteiger partial charge is 1.00 e. The first-order valence-corrected chi connectivity index (χ1v) is 14.2. The van der Waals surface area contributed by atoms with Gasteiger partial charge in [0, 0.05) is 19.1 Å². The maximum atomic E-state index is 2.41. The zero-order chi connectivity index (χ0) is 21.1. The van der Waals surface area contributed by atoms with Crippen molar-refractivity contribution < 1.29 is 51.0 Å². The standard InChI is InChI=1S/C18H17.C10H12SSi.2ClH.Zr/c1-13(2)16-11-15-9-6-10-17(18(15)12-16)14-7-4-3-5-8-14;1-12(2)7-8-5-9-3-4-11-10(9)6-8;;;/h3-13H,1-2H3;3,5-7H,4H2,1-2H3;2*1H;/q-1;;;;+3/p-2. The van der Waals surface area contributed by atoms with Crippen LogP contribution in [0.1, 0.15) is 25.3 Å². The average molecular weight is 588 g/mol. The average Bonchev–Trinajstić information content (AvgIpc) is 3.42. The number of thioether (sulfide) groups is 1. The summed E-state index contributed by atoms with van der Waals surface area (Å²) in [6, 6.07) is 21.8. The zero-order valence-corrected chi connectivity index (χ0v) is 25.3. The minimum absolute atomic E-state index is 0. The van der Waals surface area contributed by atoms with Gasteiger partial charge in [0.05, 0.1) is 0 Å². The maximum Gasteiger partial charge on any atom is 3.00 e. The van der Waals surface area contributed by atoms with Gasteiger partial charge in [-0.05, 0) is 34.8 Å². The van der Waals surface area contributed by atoms with Crippen LogP contribution in [-0.4, -0.2) is 19.8 Å². The molecule has 1 aliphatic heterocycles. The van der Waals surface area contributed by atoms with Crippen LogP contribution in [0.2, 0.25) is 13.1 Å². The normalized spacial score (nSPS) is 13.3. The van der Waals surface area contributed by atoms with Crippen LogP contribution in [-0.2, 0) is 26.2 Å². The summed E-state index contributed by atoms with van der Waals surface area (Å²) in [7, 11) is -0.222. The molecular formula is C28H29Cl2SSiZr. The second-order valence-electron chi connectivity index (χ2n) is 8.46. The monoisotopic (exact) mass is 585 g/mol. The largest absolute Gasteiger partial charge is 3.00 e. The van der Waals surface area contributed by atoms with Gasteiger partial charge in [0.25, 0.3) is 0 Å². The van der Waals surface area contributed by atoms with E-state index in [0.717, 1.165) is 0 Å². The number of allylic oxidation sites excluding steroid dienone is 4. The molecule has 0 unspecified atom stereocenters. The van der Waals surface area contributed by atoms with Gasteiger partial charge in [-0.2, -0.15) is 6.07 Å². The van der Waals surface area contributed by atoms with Gasteiger partial charge in [0.15, 0.2) is 0 Å². The summed E-state index contributed by atoms with van der Waals surface area (Å²) in [5.41, 5.74) is 9.35. The van der Waals surface area contributed by atoms with E-state index in [2.05, 4.69) is 112 Å². The summed E-state index contributed by atoms with van der Waals surface area (Å²) in [5, 5.41) is 2.72. The minimum Gasteiger partial charge on any atom is -1.00 e. The molecule has 0 aromatic heterocycles. The Morgan fingerprint density at radius 2 is 1.70 bits per heavy atom. The van der Waals surface area contributed by atoms with Gasteiger partial charge in [-0.3, -0.25) is 0 Å². The fourth-order valence-corrected chi connectivity index (χ4v) is 5.71. The van der Waals surface area contributed by atoms with Crippen molar-refractivity contribution in [1.29, 1.82) is 0 Å². The molecule has 0 fully saturated rings. The summed E-state index contributed by atoms with van der Waals surface area (Å²) in [4.78, 5) is 1.48.